The van der Waals surface area contributed by atoms with Crippen LogP contribution in [0.1, 0.15) is 48.9 Å². The van der Waals surface area contributed by atoms with E-state index in [2.05, 4.69) is 252 Å². The van der Waals surface area contributed by atoms with Crippen LogP contribution in [0.3, 0.4) is 0 Å². The Labute approximate surface area is 355 Å². The molecule has 0 radical (unpaired) electrons. The highest BCUT2D eigenvalue weighted by atomic mass is 31.2. The molecule has 0 aromatic heterocycles. The van der Waals surface area contributed by atoms with Crippen molar-refractivity contribution in [3.05, 3.63) is 254 Å². The third-order valence-corrected chi connectivity index (χ3v) is 18.4. The van der Waals surface area contributed by atoms with Gasteiger partial charge in [-0.25, -0.2) is 4.44 Å². The van der Waals surface area contributed by atoms with Gasteiger partial charge in [0.2, 0.25) is 0 Å². The number of rotatable bonds is 18. The maximum atomic E-state index is 4.23. The molecular formula is C54H51N2P3. The minimum absolute atomic E-state index is 0.170. The molecule has 8 rings (SSSR count). The summed E-state index contributed by atoms with van der Waals surface area (Å²) in [5.74, 6) is 0. The van der Waals surface area contributed by atoms with Crippen molar-refractivity contribution < 1.29 is 0 Å². The molecule has 8 aromatic rings. The van der Waals surface area contributed by atoms with Gasteiger partial charge >= 0.3 is 0 Å². The molecule has 0 aliphatic carbocycles. The topological polar surface area (TPSA) is 15.3 Å². The van der Waals surface area contributed by atoms with E-state index in [1.54, 1.807) is 0 Å². The van der Waals surface area contributed by atoms with Crippen LogP contribution in [-0.4, -0.2) is 4.44 Å². The van der Waals surface area contributed by atoms with Gasteiger partial charge in [0.05, 0.1) is 0 Å². The zero-order valence-corrected chi connectivity index (χ0v) is 36.0. The van der Waals surface area contributed by atoms with E-state index in [0.717, 1.165) is 25.7 Å². The molecule has 1 N–H and O–H groups in total. The van der Waals surface area contributed by atoms with Gasteiger partial charge in [-0.05, 0) is 55.8 Å². The molecule has 0 fully saturated rings. The first-order valence-corrected chi connectivity index (χ1v) is 24.6. The lowest BCUT2D eigenvalue weighted by Crippen LogP contribution is -2.34. The molecule has 0 spiro atoms. The average Bonchev–Trinajstić information content (AvgIpc) is 3.32. The number of nitrogens with zero attached hydrogens (tertiary/aromatic N) is 1. The lowest BCUT2D eigenvalue weighted by molar-refractivity contribution is 0.443. The minimum Gasteiger partial charge on any atom is -0.281 e. The quantitative estimate of drug-likeness (QED) is 0.0685. The van der Waals surface area contributed by atoms with Crippen molar-refractivity contribution >= 4 is 56.0 Å². The summed E-state index contributed by atoms with van der Waals surface area (Å²) >= 11 is 0. The lowest BCUT2D eigenvalue weighted by atomic mass is 9.98. The van der Waals surface area contributed by atoms with Crippen LogP contribution >= 0.6 is 24.2 Å². The van der Waals surface area contributed by atoms with Gasteiger partial charge in [-0.2, -0.15) is 0 Å². The van der Waals surface area contributed by atoms with Crippen LogP contribution in [0.25, 0.3) is 0 Å². The smallest absolute Gasteiger partial charge is 0.0436 e. The Hall–Kier alpha value is -5.03. The van der Waals surface area contributed by atoms with Crippen molar-refractivity contribution in [2.45, 2.75) is 37.8 Å². The molecule has 292 valence electrons. The Kier molecular flexibility index (Phi) is 14.7. The van der Waals surface area contributed by atoms with Crippen LogP contribution < -0.4 is 36.9 Å². The molecule has 0 heterocycles. The first-order chi connectivity index (χ1) is 29.3. The maximum Gasteiger partial charge on any atom is 0.0436 e. The van der Waals surface area contributed by atoms with Crippen LogP contribution in [-0.2, 0) is 0 Å². The van der Waals surface area contributed by atoms with E-state index in [1.807, 2.05) is 0 Å². The number of unbranched alkanes of at least 4 members (excludes halogenated alkanes) is 1. The summed E-state index contributed by atoms with van der Waals surface area (Å²) in [6, 6.07) is 90.0. The Bertz CT molecular complexity index is 2170. The second-order valence-corrected chi connectivity index (χ2v) is 21.0. The monoisotopic (exact) mass is 820 g/mol. The number of hydrogen-bond donors (Lipinski definition) is 1. The summed E-state index contributed by atoms with van der Waals surface area (Å²) in [7, 11) is -2.66. The number of benzene rings is 8. The van der Waals surface area contributed by atoms with Crippen molar-refractivity contribution in [2.24, 2.45) is 0 Å². The van der Waals surface area contributed by atoms with E-state index in [0.29, 0.717) is 0 Å². The predicted molar refractivity (Wildman–Crippen MR) is 259 cm³/mol. The third-order valence-electron chi connectivity index (χ3n) is 10.6. The summed E-state index contributed by atoms with van der Waals surface area (Å²) in [5.41, 5.74) is 2.72. The largest absolute Gasteiger partial charge is 0.281 e. The molecule has 2 unspecified atom stereocenters. The molecule has 8 aromatic carbocycles. The van der Waals surface area contributed by atoms with Gasteiger partial charge in [-0.15, -0.1) is 0 Å². The highest BCUT2D eigenvalue weighted by Crippen LogP contribution is 2.60. The van der Waals surface area contributed by atoms with E-state index in [-0.39, 0.29) is 12.1 Å². The van der Waals surface area contributed by atoms with Crippen molar-refractivity contribution in [1.29, 1.82) is 0 Å². The van der Waals surface area contributed by atoms with Gasteiger partial charge in [-0.1, -0.05) is 255 Å². The van der Waals surface area contributed by atoms with Crippen molar-refractivity contribution in [1.82, 2.24) is 9.53 Å². The van der Waals surface area contributed by atoms with Gasteiger partial charge < -0.3 is 0 Å². The molecule has 0 amide bonds. The van der Waals surface area contributed by atoms with Gasteiger partial charge in [0, 0.05) is 36.3 Å². The summed E-state index contributed by atoms with van der Waals surface area (Å²) < 4.78 is 2.96. The first-order valence-electron chi connectivity index (χ1n) is 20.7. The molecular weight excluding hydrogens is 770 g/mol. The second kappa shape index (κ2) is 21.3. The van der Waals surface area contributed by atoms with Crippen LogP contribution in [0.4, 0.5) is 0 Å². The Morgan fingerprint density at radius 2 is 0.610 bits per heavy atom. The second-order valence-electron chi connectivity index (χ2n) is 14.6. The zero-order valence-electron chi connectivity index (χ0n) is 33.4. The van der Waals surface area contributed by atoms with Crippen molar-refractivity contribution in [3.8, 4) is 0 Å². The maximum absolute atomic E-state index is 4.23. The molecule has 0 bridgehead atoms. The van der Waals surface area contributed by atoms with E-state index in [9.17, 15) is 0 Å². The van der Waals surface area contributed by atoms with Gasteiger partial charge in [0.1, 0.15) is 0 Å². The molecule has 0 aliphatic heterocycles. The van der Waals surface area contributed by atoms with Crippen LogP contribution in [0.15, 0.2) is 243 Å². The summed E-state index contributed by atoms with van der Waals surface area (Å²) in [4.78, 5) is 0. The van der Waals surface area contributed by atoms with E-state index < -0.39 is 24.2 Å². The van der Waals surface area contributed by atoms with Gasteiger partial charge in [0.15, 0.2) is 0 Å². The van der Waals surface area contributed by atoms with Crippen LogP contribution in [0.2, 0.25) is 0 Å². The Morgan fingerprint density at radius 3 is 0.966 bits per heavy atom. The molecule has 59 heavy (non-hydrogen) atoms. The number of hydrogen-bond acceptors (Lipinski definition) is 2. The highest BCUT2D eigenvalue weighted by Gasteiger charge is 2.37. The average molecular weight is 821 g/mol. The Morgan fingerprint density at radius 1 is 0.322 bits per heavy atom. The fourth-order valence-electron chi connectivity index (χ4n) is 7.79. The molecule has 0 saturated carbocycles. The van der Waals surface area contributed by atoms with Crippen LogP contribution in [0.5, 0.6) is 0 Å². The molecule has 5 heteroatoms. The SMILES string of the molecule is c1ccc(C(CCCCC(c2ccccc2)N(P(c2ccccc2)c2ccccc2)P(c2ccccc2)c2ccccc2)NP(c2ccccc2)c2ccccc2)cc1. The number of nitrogens with one attached hydrogen (secondary N) is 1. The summed E-state index contributed by atoms with van der Waals surface area (Å²) in [5, 5.41) is 12.4. The normalized spacial score (nSPS) is 12.5. The first kappa shape index (κ1) is 40.7. The molecule has 2 atom stereocenters. The van der Waals surface area contributed by atoms with Crippen molar-refractivity contribution in [2.75, 3.05) is 0 Å². The van der Waals surface area contributed by atoms with E-state index >= 15 is 0 Å². The fraction of sp³-hybridized carbons (Fsp3) is 0.111. The summed E-state index contributed by atoms with van der Waals surface area (Å²) in [6.45, 7) is 0. The standard InChI is InChI=1S/C54H51N2P3/c1-9-27-45(28-10-1)53(55-57(47-31-13-3-14-32-47)48-33-15-4-16-34-48)43-25-26-44-54(46-29-11-2-12-30-46)56(58(49-35-17-5-18-36-49)50-37-19-6-20-38-50)59(51-39-21-7-22-40-51)52-41-23-8-24-42-52/h1-24,27-42,53-55H,25-26,43-44H2. The van der Waals surface area contributed by atoms with Crippen LogP contribution in [0, 0.1) is 0 Å². The zero-order chi connectivity index (χ0) is 39.9. The Balaban J connectivity index is 1.18. The predicted octanol–water partition coefficient (Wildman–Crippen LogP) is 12.1. The van der Waals surface area contributed by atoms with Gasteiger partial charge in [-0.3, -0.25) is 5.09 Å². The summed E-state index contributed by atoms with van der Waals surface area (Å²) in [6.07, 6.45) is 4.27. The molecule has 2 nitrogen and oxygen atoms in total. The molecule has 0 aliphatic rings. The van der Waals surface area contributed by atoms with E-state index in [1.165, 1.54) is 43.0 Å². The highest BCUT2D eigenvalue weighted by molar-refractivity contribution is 7.84. The fourth-order valence-corrected chi connectivity index (χ4v) is 16.3. The lowest BCUT2D eigenvalue weighted by Gasteiger charge is -2.44. The van der Waals surface area contributed by atoms with E-state index in [4.69, 9.17) is 0 Å². The molecule has 0 saturated heterocycles. The van der Waals surface area contributed by atoms with Gasteiger partial charge in [0.25, 0.3) is 0 Å². The van der Waals surface area contributed by atoms with Crippen molar-refractivity contribution in [3.63, 3.8) is 0 Å². The minimum atomic E-state index is -0.944. The third kappa shape index (κ3) is 10.6.